The molecular weight excluding hydrogens is 295 g/mol. The molecule has 1 heterocycles. The molecule has 5 heteroatoms. The monoisotopic (exact) mass is 302 g/mol. The van der Waals surface area contributed by atoms with Crippen molar-refractivity contribution in [1.29, 1.82) is 0 Å². The highest BCUT2D eigenvalue weighted by atomic mass is 127. The third-order valence-corrected chi connectivity index (χ3v) is 3.09. The van der Waals surface area contributed by atoms with Crippen LogP contribution >= 0.6 is 22.6 Å². The highest BCUT2D eigenvalue weighted by molar-refractivity contribution is 14.1. The van der Waals surface area contributed by atoms with E-state index >= 15 is 0 Å². The van der Waals surface area contributed by atoms with Crippen LogP contribution in [0.3, 0.4) is 0 Å². The molecule has 2 aromatic rings. The SMILES string of the molecule is Nc1ccc2[nH]c(C(=O)O)c(I)c2c1. The Bertz CT molecular complexity index is 519. The minimum Gasteiger partial charge on any atom is -0.477 e. The van der Waals surface area contributed by atoms with Gasteiger partial charge in [0.05, 0.1) is 3.57 Å². The summed E-state index contributed by atoms with van der Waals surface area (Å²) in [4.78, 5) is 13.6. The molecule has 0 amide bonds. The minimum atomic E-state index is -0.954. The summed E-state index contributed by atoms with van der Waals surface area (Å²) in [6.07, 6.45) is 0. The van der Waals surface area contributed by atoms with Gasteiger partial charge >= 0.3 is 5.97 Å². The highest BCUT2D eigenvalue weighted by Crippen LogP contribution is 2.25. The van der Waals surface area contributed by atoms with Gasteiger partial charge in [0.15, 0.2) is 0 Å². The Morgan fingerprint density at radius 2 is 2.21 bits per heavy atom. The standard InChI is InChI=1S/C9H7IN2O2/c10-7-5-3-4(11)1-2-6(5)12-8(7)9(13)14/h1-3,12H,11H2,(H,13,14). The van der Waals surface area contributed by atoms with E-state index in [9.17, 15) is 4.79 Å². The molecule has 2 rings (SSSR count). The molecular formula is C9H7IN2O2. The first kappa shape index (κ1) is 9.32. The lowest BCUT2D eigenvalue weighted by Gasteiger charge is -1.92. The summed E-state index contributed by atoms with van der Waals surface area (Å²) >= 11 is 2.00. The lowest BCUT2D eigenvalue weighted by molar-refractivity contribution is 0.0690. The average Bonchev–Trinajstić information content (AvgIpc) is 2.44. The Balaban J connectivity index is 2.80. The van der Waals surface area contributed by atoms with Gasteiger partial charge in [-0.1, -0.05) is 0 Å². The maximum Gasteiger partial charge on any atom is 0.353 e. The summed E-state index contributed by atoms with van der Waals surface area (Å²) in [6.45, 7) is 0. The zero-order chi connectivity index (χ0) is 10.3. The zero-order valence-electron chi connectivity index (χ0n) is 7.04. The Labute approximate surface area is 93.2 Å². The summed E-state index contributed by atoms with van der Waals surface area (Å²) < 4.78 is 0.692. The molecule has 0 saturated carbocycles. The van der Waals surface area contributed by atoms with Crippen molar-refractivity contribution in [1.82, 2.24) is 4.98 Å². The number of carbonyl (C=O) groups is 1. The first-order valence-electron chi connectivity index (χ1n) is 3.89. The van der Waals surface area contributed by atoms with E-state index in [0.29, 0.717) is 9.26 Å². The number of aromatic amines is 1. The second kappa shape index (κ2) is 3.16. The molecule has 4 N–H and O–H groups in total. The van der Waals surface area contributed by atoms with Gasteiger partial charge in [-0.3, -0.25) is 0 Å². The number of nitrogens with two attached hydrogens (primary N) is 1. The largest absolute Gasteiger partial charge is 0.477 e. The molecule has 0 radical (unpaired) electrons. The fraction of sp³-hybridized carbons (Fsp3) is 0. The number of hydrogen-bond acceptors (Lipinski definition) is 2. The molecule has 0 aliphatic rings. The fourth-order valence-corrected chi connectivity index (χ4v) is 2.14. The van der Waals surface area contributed by atoms with Gasteiger partial charge in [0.25, 0.3) is 0 Å². The number of H-pyrrole nitrogens is 1. The van der Waals surface area contributed by atoms with Gasteiger partial charge in [0, 0.05) is 16.6 Å². The van der Waals surface area contributed by atoms with E-state index in [4.69, 9.17) is 10.8 Å². The van der Waals surface area contributed by atoms with Crippen molar-refractivity contribution >= 4 is 45.2 Å². The van der Waals surface area contributed by atoms with Crippen molar-refractivity contribution in [3.63, 3.8) is 0 Å². The molecule has 0 bridgehead atoms. The maximum atomic E-state index is 10.8. The van der Waals surface area contributed by atoms with Crippen molar-refractivity contribution in [3.8, 4) is 0 Å². The van der Waals surface area contributed by atoms with Crippen LogP contribution in [0.15, 0.2) is 18.2 Å². The third kappa shape index (κ3) is 1.33. The second-order valence-corrected chi connectivity index (χ2v) is 4.00. The van der Waals surface area contributed by atoms with Gasteiger partial charge in [-0.15, -0.1) is 0 Å². The van der Waals surface area contributed by atoms with E-state index in [1.54, 1.807) is 18.2 Å². The van der Waals surface area contributed by atoms with Crippen LogP contribution in [-0.2, 0) is 0 Å². The van der Waals surface area contributed by atoms with Crippen molar-refractivity contribution in [2.75, 3.05) is 5.73 Å². The molecule has 0 saturated heterocycles. The van der Waals surface area contributed by atoms with Crippen LogP contribution in [-0.4, -0.2) is 16.1 Å². The van der Waals surface area contributed by atoms with Gasteiger partial charge in [-0.25, -0.2) is 4.79 Å². The van der Waals surface area contributed by atoms with E-state index in [1.807, 2.05) is 22.6 Å². The van der Waals surface area contributed by atoms with Crippen LogP contribution in [0.4, 0.5) is 5.69 Å². The molecule has 14 heavy (non-hydrogen) atoms. The molecule has 1 aromatic carbocycles. The van der Waals surface area contributed by atoms with E-state index in [0.717, 1.165) is 10.9 Å². The molecule has 0 spiro atoms. The number of aromatic nitrogens is 1. The molecule has 0 unspecified atom stereocenters. The summed E-state index contributed by atoms with van der Waals surface area (Å²) in [5.74, 6) is -0.954. The number of hydrogen-bond donors (Lipinski definition) is 3. The number of halogens is 1. The quantitative estimate of drug-likeness (QED) is 0.557. The number of fused-ring (bicyclic) bond motifs is 1. The zero-order valence-corrected chi connectivity index (χ0v) is 9.20. The van der Waals surface area contributed by atoms with Gasteiger partial charge < -0.3 is 15.8 Å². The molecule has 0 aliphatic carbocycles. The normalized spacial score (nSPS) is 10.6. The van der Waals surface area contributed by atoms with E-state index in [2.05, 4.69) is 4.98 Å². The maximum absolute atomic E-state index is 10.8. The van der Waals surface area contributed by atoms with Gasteiger partial charge in [0.2, 0.25) is 0 Å². The number of rotatable bonds is 1. The van der Waals surface area contributed by atoms with Crippen molar-refractivity contribution in [3.05, 3.63) is 27.5 Å². The van der Waals surface area contributed by atoms with Crippen LogP contribution in [0.2, 0.25) is 0 Å². The molecule has 0 aliphatic heterocycles. The fourth-order valence-electron chi connectivity index (χ4n) is 1.32. The summed E-state index contributed by atoms with van der Waals surface area (Å²) in [6, 6.07) is 5.28. The number of carboxylic acid groups (broad SMARTS) is 1. The number of nitrogen functional groups attached to an aromatic ring is 1. The lowest BCUT2D eigenvalue weighted by Crippen LogP contribution is -1.97. The van der Waals surface area contributed by atoms with Crippen LogP contribution in [0.5, 0.6) is 0 Å². The Kier molecular flexibility index (Phi) is 2.10. The smallest absolute Gasteiger partial charge is 0.353 e. The Morgan fingerprint density at radius 3 is 2.86 bits per heavy atom. The Hall–Kier alpha value is -1.24. The minimum absolute atomic E-state index is 0.214. The topological polar surface area (TPSA) is 79.1 Å². The summed E-state index contributed by atoms with van der Waals surface area (Å²) in [5, 5.41) is 9.72. The average molecular weight is 302 g/mol. The van der Waals surface area contributed by atoms with Gasteiger partial charge in [-0.2, -0.15) is 0 Å². The molecule has 1 aromatic heterocycles. The Morgan fingerprint density at radius 1 is 1.50 bits per heavy atom. The van der Waals surface area contributed by atoms with E-state index in [-0.39, 0.29) is 5.69 Å². The number of aromatic carboxylic acids is 1. The van der Waals surface area contributed by atoms with Gasteiger partial charge in [0.1, 0.15) is 5.69 Å². The number of nitrogens with one attached hydrogen (secondary N) is 1. The van der Waals surface area contributed by atoms with Gasteiger partial charge in [-0.05, 0) is 40.8 Å². The second-order valence-electron chi connectivity index (χ2n) is 2.92. The van der Waals surface area contributed by atoms with Crippen LogP contribution in [0.25, 0.3) is 10.9 Å². The molecule has 0 atom stereocenters. The van der Waals surface area contributed by atoms with Crippen LogP contribution < -0.4 is 5.73 Å². The first-order chi connectivity index (χ1) is 6.59. The number of benzene rings is 1. The van der Waals surface area contributed by atoms with Crippen LogP contribution in [0.1, 0.15) is 10.5 Å². The van der Waals surface area contributed by atoms with E-state index in [1.165, 1.54) is 0 Å². The molecule has 0 fully saturated rings. The first-order valence-corrected chi connectivity index (χ1v) is 4.97. The van der Waals surface area contributed by atoms with Crippen LogP contribution in [0, 0.1) is 3.57 Å². The molecule has 4 nitrogen and oxygen atoms in total. The van der Waals surface area contributed by atoms with E-state index < -0.39 is 5.97 Å². The van der Waals surface area contributed by atoms with Crippen molar-refractivity contribution in [2.24, 2.45) is 0 Å². The third-order valence-electron chi connectivity index (χ3n) is 1.97. The highest BCUT2D eigenvalue weighted by Gasteiger charge is 2.14. The van der Waals surface area contributed by atoms with Crippen molar-refractivity contribution in [2.45, 2.75) is 0 Å². The molecule has 72 valence electrons. The predicted molar refractivity (Wildman–Crippen MR) is 62.4 cm³/mol. The number of anilines is 1. The lowest BCUT2D eigenvalue weighted by atomic mass is 10.2. The van der Waals surface area contributed by atoms with Crippen molar-refractivity contribution < 1.29 is 9.90 Å². The predicted octanol–water partition coefficient (Wildman–Crippen LogP) is 2.05. The summed E-state index contributed by atoms with van der Waals surface area (Å²) in [5.41, 5.74) is 7.25. The summed E-state index contributed by atoms with van der Waals surface area (Å²) in [7, 11) is 0. The number of carboxylic acids is 1.